The van der Waals surface area contributed by atoms with E-state index in [4.69, 9.17) is 0 Å². The average Bonchev–Trinajstić information content (AvgIpc) is 3.05. The van der Waals surface area contributed by atoms with Gasteiger partial charge in [-0.3, -0.25) is 14.9 Å². The maximum atomic E-state index is 13.2. The third-order valence-corrected chi connectivity index (χ3v) is 6.26. The molecule has 8 nitrogen and oxygen atoms in total. The van der Waals surface area contributed by atoms with Gasteiger partial charge in [0.1, 0.15) is 5.57 Å². The number of carboxylic acids is 1. The largest absolute Gasteiger partial charge is 0.478 e. The second kappa shape index (κ2) is 8.75. The molecule has 0 bridgehead atoms. The van der Waals surface area contributed by atoms with Gasteiger partial charge in [-0.1, -0.05) is 22.0 Å². The van der Waals surface area contributed by atoms with E-state index in [2.05, 4.69) is 21.2 Å². The zero-order chi connectivity index (χ0) is 24.7. The van der Waals surface area contributed by atoms with Gasteiger partial charge in [-0.25, -0.2) is 14.5 Å². The molecule has 0 saturated carbocycles. The van der Waals surface area contributed by atoms with Crippen molar-refractivity contribution >= 4 is 51.5 Å². The number of carbonyl (C=O) groups is 4. The quantitative estimate of drug-likeness (QED) is 0.387. The van der Waals surface area contributed by atoms with Crippen LogP contribution in [0.2, 0.25) is 0 Å². The number of amides is 4. The molecule has 0 radical (unpaired) electrons. The predicted octanol–water partition coefficient (Wildman–Crippen LogP) is 4.53. The van der Waals surface area contributed by atoms with Crippen LogP contribution in [0.25, 0.3) is 11.8 Å². The summed E-state index contributed by atoms with van der Waals surface area (Å²) in [6.45, 7) is 5.40. The van der Waals surface area contributed by atoms with E-state index in [0.717, 1.165) is 15.1 Å². The number of imide groups is 2. The number of carbonyl (C=O) groups excluding carboxylic acids is 3. The maximum absolute atomic E-state index is 13.2. The summed E-state index contributed by atoms with van der Waals surface area (Å²) in [5.74, 6) is -2.53. The van der Waals surface area contributed by atoms with Gasteiger partial charge in [-0.05, 0) is 80.4 Å². The van der Waals surface area contributed by atoms with Crippen LogP contribution in [-0.4, -0.2) is 33.5 Å². The lowest BCUT2D eigenvalue weighted by atomic mass is 10.1. The fraction of sp³-hybridized carbons (Fsp3) is 0.120. The Morgan fingerprint density at radius 2 is 1.71 bits per heavy atom. The minimum absolute atomic E-state index is 0.182. The summed E-state index contributed by atoms with van der Waals surface area (Å²) < 4.78 is 2.65. The van der Waals surface area contributed by atoms with Crippen LogP contribution in [0.4, 0.5) is 10.5 Å². The van der Waals surface area contributed by atoms with Gasteiger partial charge in [0, 0.05) is 21.5 Å². The Morgan fingerprint density at radius 3 is 2.35 bits per heavy atom. The van der Waals surface area contributed by atoms with E-state index in [9.17, 15) is 24.3 Å². The molecule has 1 aliphatic rings. The summed E-state index contributed by atoms with van der Waals surface area (Å²) in [5.41, 5.74) is 3.72. The second-order valence-electron chi connectivity index (χ2n) is 7.85. The van der Waals surface area contributed by atoms with Crippen LogP contribution >= 0.6 is 15.9 Å². The lowest BCUT2D eigenvalue weighted by molar-refractivity contribution is -0.122. The number of carboxylic acid groups (broad SMARTS) is 1. The first-order chi connectivity index (χ1) is 16.1. The molecule has 0 aliphatic carbocycles. The van der Waals surface area contributed by atoms with E-state index in [-0.39, 0.29) is 11.1 Å². The third kappa shape index (κ3) is 3.94. The van der Waals surface area contributed by atoms with Gasteiger partial charge in [-0.15, -0.1) is 0 Å². The molecule has 0 unspecified atom stereocenters. The molecule has 1 aliphatic heterocycles. The number of barbiturate groups is 1. The van der Waals surface area contributed by atoms with Gasteiger partial charge in [0.2, 0.25) is 0 Å². The van der Waals surface area contributed by atoms with Crippen LogP contribution in [0.1, 0.15) is 32.9 Å². The molecule has 0 spiro atoms. The van der Waals surface area contributed by atoms with Crippen molar-refractivity contribution in [1.29, 1.82) is 0 Å². The maximum Gasteiger partial charge on any atom is 0.336 e. The van der Waals surface area contributed by atoms with Crippen molar-refractivity contribution in [2.24, 2.45) is 0 Å². The molecule has 4 amide bonds. The average molecular weight is 522 g/mol. The molecule has 1 fully saturated rings. The topological polar surface area (TPSA) is 109 Å². The molecule has 2 aromatic carbocycles. The molecule has 1 saturated heterocycles. The molecule has 0 atom stereocenters. The van der Waals surface area contributed by atoms with Gasteiger partial charge in [0.15, 0.2) is 0 Å². The highest BCUT2D eigenvalue weighted by Gasteiger charge is 2.37. The number of hydrogen-bond acceptors (Lipinski definition) is 4. The van der Waals surface area contributed by atoms with Crippen molar-refractivity contribution < 1.29 is 24.3 Å². The Bertz CT molecular complexity index is 1400. The van der Waals surface area contributed by atoms with Gasteiger partial charge >= 0.3 is 12.0 Å². The van der Waals surface area contributed by atoms with Crippen LogP contribution in [0.3, 0.4) is 0 Å². The molecule has 9 heteroatoms. The number of aryl methyl sites for hydroxylation is 1. The molecule has 2 heterocycles. The minimum atomic E-state index is -1.02. The summed E-state index contributed by atoms with van der Waals surface area (Å²) in [7, 11) is 0. The van der Waals surface area contributed by atoms with E-state index < -0.39 is 23.8 Å². The molecule has 172 valence electrons. The molecule has 3 aromatic rings. The first kappa shape index (κ1) is 23.2. The summed E-state index contributed by atoms with van der Waals surface area (Å²) in [6.07, 6.45) is 1.45. The van der Waals surface area contributed by atoms with E-state index in [0.29, 0.717) is 28.2 Å². The predicted molar refractivity (Wildman–Crippen MR) is 130 cm³/mol. The van der Waals surface area contributed by atoms with E-state index in [1.807, 2.05) is 24.5 Å². The highest BCUT2D eigenvalue weighted by Crippen LogP contribution is 2.28. The van der Waals surface area contributed by atoms with Gasteiger partial charge in [0.25, 0.3) is 11.8 Å². The van der Waals surface area contributed by atoms with Crippen molar-refractivity contribution in [3.8, 4) is 5.69 Å². The Labute approximate surface area is 203 Å². The molecular weight excluding hydrogens is 502 g/mol. The number of nitrogens with zero attached hydrogens (tertiary/aromatic N) is 2. The standard InChI is InChI=1S/C25H20BrN3O5/c1-13-11-16(15(3)28(13)21-6-4-5-19(14(21)2)24(32)33)12-20-22(30)27-25(34)29(23(20)31)18-9-7-17(26)8-10-18/h4-12H,1-3H3,(H,32,33)(H,27,30,34)/b20-12+. The Hall–Kier alpha value is -3.98. The zero-order valence-electron chi connectivity index (χ0n) is 18.5. The minimum Gasteiger partial charge on any atom is -0.478 e. The number of rotatable bonds is 4. The van der Waals surface area contributed by atoms with Crippen LogP contribution in [0.5, 0.6) is 0 Å². The lowest BCUT2D eigenvalue weighted by Gasteiger charge is -2.26. The van der Waals surface area contributed by atoms with Crippen molar-refractivity contribution in [2.45, 2.75) is 20.8 Å². The summed E-state index contributed by atoms with van der Waals surface area (Å²) >= 11 is 3.31. The highest BCUT2D eigenvalue weighted by atomic mass is 79.9. The van der Waals surface area contributed by atoms with Crippen LogP contribution in [0, 0.1) is 20.8 Å². The number of aromatic carboxylic acids is 1. The highest BCUT2D eigenvalue weighted by molar-refractivity contribution is 9.10. The first-order valence-electron chi connectivity index (χ1n) is 10.3. The van der Waals surface area contributed by atoms with Crippen molar-refractivity contribution in [3.05, 3.63) is 86.7 Å². The number of anilines is 1. The monoisotopic (exact) mass is 521 g/mol. The molecule has 4 rings (SSSR count). The number of halogens is 1. The van der Waals surface area contributed by atoms with Gasteiger partial charge in [-0.2, -0.15) is 0 Å². The molecule has 34 heavy (non-hydrogen) atoms. The number of benzene rings is 2. The fourth-order valence-corrected chi connectivity index (χ4v) is 4.30. The summed E-state index contributed by atoms with van der Waals surface area (Å²) in [4.78, 5) is 50.6. The first-order valence-corrected chi connectivity index (χ1v) is 11.1. The summed E-state index contributed by atoms with van der Waals surface area (Å²) in [5, 5.41) is 11.7. The van der Waals surface area contributed by atoms with Crippen molar-refractivity contribution in [2.75, 3.05) is 4.90 Å². The Morgan fingerprint density at radius 1 is 1.03 bits per heavy atom. The SMILES string of the molecule is Cc1c(C(=O)O)cccc1-n1c(C)cc(/C=C2\C(=O)NC(=O)N(c3ccc(Br)cc3)C2=O)c1C. The van der Waals surface area contributed by atoms with Crippen molar-refractivity contribution in [3.63, 3.8) is 0 Å². The molecule has 1 aromatic heterocycles. The number of urea groups is 1. The summed E-state index contributed by atoms with van der Waals surface area (Å²) in [6, 6.07) is 12.6. The van der Waals surface area contributed by atoms with Crippen LogP contribution < -0.4 is 10.2 Å². The molecular formula is C25H20BrN3O5. The lowest BCUT2D eigenvalue weighted by Crippen LogP contribution is -2.54. The zero-order valence-corrected chi connectivity index (χ0v) is 20.1. The Kier molecular flexibility index (Phi) is 5.97. The smallest absolute Gasteiger partial charge is 0.336 e. The third-order valence-electron chi connectivity index (χ3n) is 5.73. The van der Waals surface area contributed by atoms with Crippen LogP contribution in [-0.2, 0) is 9.59 Å². The van der Waals surface area contributed by atoms with Crippen molar-refractivity contribution in [1.82, 2.24) is 9.88 Å². The number of hydrogen-bond donors (Lipinski definition) is 2. The van der Waals surface area contributed by atoms with Gasteiger partial charge in [0.05, 0.1) is 11.3 Å². The normalized spacial score (nSPS) is 15.1. The van der Waals surface area contributed by atoms with Crippen LogP contribution in [0.15, 0.2) is 58.6 Å². The number of aromatic nitrogens is 1. The van der Waals surface area contributed by atoms with E-state index >= 15 is 0 Å². The Balaban J connectivity index is 1.79. The molecule has 2 N–H and O–H groups in total. The fourth-order valence-electron chi connectivity index (χ4n) is 4.04. The second-order valence-corrected chi connectivity index (χ2v) is 8.77. The van der Waals surface area contributed by atoms with E-state index in [1.54, 1.807) is 43.3 Å². The number of nitrogens with one attached hydrogen (secondary N) is 1. The van der Waals surface area contributed by atoms with E-state index in [1.165, 1.54) is 12.1 Å². The van der Waals surface area contributed by atoms with Gasteiger partial charge < -0.3 is 9.67 Å².